The van der Waals surface area contributed by atoms with E-state index in [0.717, 1.165) is 12.1 Å². The third-order valence-corrected chi connectivity index (χ3v) is 5.38. The summed E-state index contributed by atoms with van der Waals surface area (Å²) in [6.45, 7) is 1.49. The molecular formula is C13H12F2N2O4S2. The molecule has 0 unspecified atom stereocenters. The van der Waals surface area contributed by atoms with Crippen molar-refractivity contribution in [2.75, 3.05) is 4.72 Å². The average molecular weight is 362 g/mol. The van der Waals surface area contributed by atoms with Crippen molar-refractivity contribution < 1.29 is 25.6 Å². The molecule has 0 atom stereocenters. The topological polar surface area (TPSA) is 106 Å². The standard InChI is InChI=1S/C13H12F2N2O4S2/c1-8-2-3-9(6-13(8)22(16,18)19)17-23(20,21)10-4-5-11(14)12(15)7-10/h2-7,17H,1H3,(H2,16,18,19). The van der Waals surface area contributed by atoms with Gasteiger partial charge in [0, 0.05) is 0 Å². The highest BCUT2D eigenvalue weighted by Gasteiger charge is 2.18. The minimum Gasteiger partial charge on any atom is -0.280 e. The summed E-state index contributed by atoms with van der Waals surface area (Å²) in [5.41, 5.74) is 0.257. The number of primary sulfonamides is 1. The van der Waals surface area contributed by atoms with Crippen LogP contribution in [0, 0.1) is 18.6 Å². The van der Waals surface area contributed by atoms with Crippen LogP contribution < -0.4 is 9.86 Å². The molecule has 0 aliphatic rings. The van der Waals surface area contributed by atoms with Crippen LogP contribution in [0.15, 0.2) is 46.2 Å². The number of hydrogen-bond donors (Lipinski definition) is 2. The molecule has 0 bridgehead atoms. The first-order chi connectivity index (χ1) is 10.5. The van der Waals surface area contributed by atoms with E-state index in [1.165, 1.54) is 19.1 Å². The maximum absolute atomic E-state index is 13.2. The fraction of sp³-hybridized carbons (Fsp3) is 0.0769. The van der Waals surface area contributed by atoms with Gasteiger partial charge in [0.05, 0.1) is 15.5 Å². The number of hydrogen-bond acceptors (Lipinski definition) is 4. The van der Waals surface area contributed by atoms with Crippen LogP contribution in [-0.4, -0.2) is 16.8 Å². The monoisotopic (exact) mass is 362 g/mol. The molecule has 0 heterocycles. The Morgan fingerprint density at radius 3 is 2.17 bits per heavy atom. The van der Waals surface area contributed by atoms with E-state index in [9.17, 15) is 25.6 Å². The Morgan fingerprint density at radius 2 is 1.61 bits per heavy atom. The molecule has 2 aromatic rings. The molecule has 0 saturated carbocycles. The van der Waals surface area contributed by atoms with E-state index in [1.54, 1.807) is 0 Å². The van der Waals surface area contributed by atoms with E-state index in [-0.39, 0.29) is 10.6 Å². The van der Waals surface area contributed by atoms with Crippen molar-refractivity contribution in [2.45, 2.75) is 16.7 Å². The summed E-state index contributed by atoms with van der Waals surface area (Å²) >= 11 is 0. The molecular weight excluding hydrogens is 350 g/mol. The van der Waals surface area contributed by atoms with Gasteiger partial charge in [-0.2, -0.15) is 0 Å². The molecule has 0 fully saturated rings. The molecule has 0 aliphatic carbocycles. The number of nitrogens with two attached hydrogens (primary N) is 1. The quantitative estimate of drug-likeness (QED) is 0.864. The minimum atomic E-state index is -4.22. The Morgan fingerprint density at radius 1 is 0.957 bits per heavy atom. The van der Waals surface area contributed by atoms with Crippen molar-refractivity contribution in [1.29, 1.82) is 0 Å². The number of benzene rings is 2. The number of anilines is 1. The molecule has 0 saturated heterocycles. The Bertz CT molecular complexity index is 973. The summed E-state index contributed by atoms with van der Waals surface area (Å²) < 4.78 is 75.2. The fourth-order valence-electron chi connectivity index (χ4n) is 1.83. The Balaban J connectivity index is 2.43. The Kier molecular flexibility index (Phi) is 4.42. The zero-order valence-electron chi connectivity index (χ0n) is 11.7. The van der Waals surface area contributed by atoms with Crippen LogP contribution in [0.25, 0.3) is 0 Å². The zero-order chi connectivity index (χ0) is 17.4. The predicted molar refractivity (Wildman–Crippen MR) is 79.7 cm³/mol. The third-order valence-electron chi connectivity index (χ3n) is 2.95. The normalized spacial score (nSPS) is 12.2. The highest BCUT2D eigenvalue weighted by Crippen LogP contribution is 2.22. The SMILES string of the molecule is Cc1ccc(NS(=O)(=O)c2ccc(F)c(F)c2)cc1S(N)(=O)=O. The molecule has 0 aliphatic heterocycles. The number of aryl methyl sites for hydroxylation is 1. The van der Waals surface area contributed by atoms with Crippen molar-refractivity contribution in [2.24, 2.45) is 5.14 Å². The summed E-state index contributed by atoms with van der Waals surface area (Å²) in [6, 6.07) is 5.81. The van der Waals surface area contributed by atoms with Crippen LogP contribution in [-0.2, 0) is 20.0 Å². The Labute approximate surface area is 132 Å². The first-order valence-electron chi connectivity index (χ1n) is 6.12. The first kappa shape index (κ1) is 17.3. The predicted octanol–water partition coefficient (Wildman–Crippen LogP) is 1.72. The van der Waals surface area contributed by atoms with Crippen LogP contribution in [0.4, 0.5) is 14.5 Å². The van der Waals surface area contributed by atoms with Gasteiger partial charge in [-0.1, -0.05) is 6.07 Å². The molecule has 10 heteroatoms. The summed E-state index contributed by atoms with van der Waals surface area (Å²) in [4.78, 5) is -0.753. The molecule has 3 N–H and O–H groups in total. The highest BCUT2D eigenvalue weighted by molar-refractivity contribution is 7.92. The third kappa shape index (κ3) is 3.84. The highest BCUT2D eigenvalue weighted by atomic mass is 32.2. The second-order valence-corrected chi connectivity index (χ2v) is 7.92. The van der Waals surface area contributed by atoms with E-state index < -0.39 is 36.6 Å². The summed E-state index contributed by atoms with van der Waals surface area (Å²) in [5.74, 6) is -2.50. The lowest BCUT2D eigenvalue weighted by molar-refractivity contribution is 0.504. The summed E-state index contributed by atoms with van der Waals surface area (Å²) in [6.07, 6.45) is 0. The molecule has 23 heavy (non-hydrogen) atoms. The second-order valence-electron chi connectivity index (χ2n) is 4.71. The number of rotatable bonds is 4. The lowest BCUT2D eigenvalue weighted by Gasteiger charge is -2.11. The molecule has 0 spiro atoms. The smallest absolute Gasteiger partial charge is 0.261 e. The van der Waals surface area contributed by atoms with Crippen molar-refractivity contribution in [3.63, 3.8) is 0 Å². The number of halogens is 2. The van der Waals surface area contributed by atoms with E-state index in [0.29, 0.717) is 17.7 Å². The second kappa shape index (κ2) is 5.87. The first-order valence-corrected chi connectivity index (χ1v) is 9.15. The number of nitrogens with one attached hydrogen (secondary N) is 1. The van der Waals surface area contributed by atoms with Gasteiger partial charge in [-0.05, 0) is 42.8 Å². The number of sulfonamides is 2. The zero-order valence-corrected chi connectivity index (χ0v) is 13.4. The van der Waals surface area contributed by atoms with Crippen LogP contribution >= 0.6 is 0 Å². The van der Waals surface area contributed by atoms with Gasteiger partial charge in [-0.3, -0.25) is 4.72 Å². The van der Waals surface area contributed by atoms with Crippen molar-refractivity contribution in [3.05, 3.63) is 53.6 Å². The average Bonchev–Trinajstić information content (AvgIpc) is 2.42. The van der Waals surface area contributed by atoms with E-state index in [1.807, 2.05) is 0 Å². The molecule has 0 amide bonds. The van der Waals surface area contributed by atoms with Crippen LogP contribution in [0.2, 0.25) is 0 Å². The van der Waals surface area contributed by atoms with Crippen LogP contribution in [0.3, 0.4) is 0 Å². The lowest BCUT2D eigenvalue weighted by Crippen LogP contribution is -2.16. The van der Waals surface area contributed by atoms with Gasteiger partial charge < -0.3 is 0 Å². The van der Waals surface area contributed by atoms with Gasteiger partial charge in [0.25, 0.3) is 10.0 Å². The molecule has 124 valence electrons. The maximum Gasteiger partial charge on any atom is 0.261 e. The van der Waals surface area contributed by atoms with Crippen LogP contribution in [0.1, 0.15) is 5.56 Å². The minimum absolute atomic E-state index is 0.0793. The van der Waals surface area contributed by atoms with Gasteiger partial charge in [-0.25, -0.2) is 30.8 Å². The molecule has 6 nitrogen and oxygen atoms in total. The van der Waals surface area contributed by atoms with Crippen molar-refractivity contribution in [3.8, 4) is 0 Å². The van der Waals surface area contributed by atoms with Crippen LogP contribution in [0.5, 0.6) is 0 Å². The summed E-state index contributed by atoms with van der Waals surface area (Å²) in [7, 11) is -8.25. The molecule has 0 aromatic heterocycles. The fourth-order valence-corrected chi connectivity index (χ4v) is 3.70. The largest absolute Gasteiger partial charge is 0.280 e. The summed E-state index contributed by atoms with van der Waals surface area (Å²) in [5, 5.41) is 5.04. The van der Waals surface area contributed by atoms with Gasteiger partial charge in [0.2, 0.25) is 10.0 Å². The Hall–Kier alpha value is -2.04. The molecule has 2 rings (SSSR count). The molecule has 2 aromatic carbocycles. The van der Waals surface area contributed by atoms with Gasteiger partial charge in [-0.15, -0.1) is 0 Å². The van der Waals surface area contributed by atoms with Crippen molar-refractivity contribution in [1.82, 2.24) is 0 Å². The van der Waals surface area contributed by atoms with Crippen molar-refractivity contribution >= 4 is 25.7 Å². The van der Waals surface area contributed by atoms with E-state index in [4.69, 9.17) is 5.14 Å². The van der Waals surface area contributed by atoms with Gasteiger partial charge in [0.1, 0.15) is 0 Å². The molecule has 0 radical (unpaired) electrons. The van der Waals surface area contributed by atoms with Gasteiger partial charge >= 0.3 is 0 Å². The van der Waals surface area contributed by atoms with E-state index >= 15 is 0 Å². The van der Waals surface area contributed by atoms with E-state index in [2.05, 4.69) is 4.72 Å². The lowest BCUT2D eigenvalue weighted by atomic mass is 10.2. The van der Waals surface area contributed by atoms with Gasteiger partial charge in [0.15, 0.2) is 11.6 Å². The maximum atomic E-state index is 13.2.